The lowest BCUT2D eigenvalue weighted by Crippen LogP contribution is -2.55. The first-order chi connectivity index (χ1) is 20.8. The molecule has 6 rings (SSSR count). The van der Waals surface area contributed by atoms with Crippen LogP contribution in [0, 0.1) is 11.3 Å². The fourth-order valence-electron chi connectivity index (χ4n) is 6.17. The minimum atomic E-state index is -1.03. The van der Waals surface area contributed by atoms with E-state index in [2.05, 4.69) is 29.9 Å². The Labute approximate surface area is 254 Å². The number of benzene rings is 2. The number of pyridine rings is 1. The molecule has 2 atom stereocenters. The number of aromatic nitrogens is 3. The maximum atomic E-state index is 13.8. The van der Waals surface area contributed by atoms with Gasteiger partial charge >= 0.3 is 0 Å². The molecule has 220 valence electrons. The number of anilines is 2. The zero-order chi connectivity index (χ0) is 30.1. The maximum Gasteiger partial charge on any atom is 0.282 e. The average molecular weight is 599 g/mol. The van der Waals surface area contributed by atoms with Crippen molar-refractivity contribution in [3.63, 3.8) is 0 Å². The number of amides is 1. The molecule has 2 saturated heterocycles. The van der Waals surface area contributed by atoms with Gasteiger partial charge in [-0.1, -0.05) is 48.5 Å². The van der Waals surface area contributed by atoms with Crippen molar-refractivity contribution in [3.05, 3.63) is 66.0 Å². The van der Waals surface area contributed by atoms with Gasteiger partial charge in [-0.3, -0.25) is 4.79 Å². The Morgan fingerprint density at radius 2 is 1.93 bits per heavy atom. The van der Waals surface area contributed by atoms with E-state index >= 15 is 0 Å². The second-order valence-electron chi connectivity index (χ2n) is 11.1. The van der Waals surface area contributed by atoms with Gasteiger partial charge in [0.1, 0.15) is 5.82 Å². The standard InChI is InChI=1S/C32H32ClFN8O/c1-20(34)31(43)42-17-16-41(19-23(42)13-14-35)30-25-11-12-27(24-9-3-6-21-7-4-10-26(33)28(21)24)37-29(25)38-32(39-30)36-18-22-8-5-15-40(22)2/h3-4,6-7,9-12,22-23H,1,5,8,13,15-19H2,2H3,(H,36,37,38,39). The maximum absolute atomic E-state index is 13.8. The van der Waals surface area contributed by atoms with Gasteiger partial charge in [0, 0.05) is 48.2 Å². The molecule has 2 aliphatic heterocycles. The molecule has 4 aromatic rings. The summed E-state index contributed by atoms with van der Waals surface area (Å²) in [4.78, 5) is 33.0. The van der Waals surface area contributed by atoms with Crippen molar-refractivity contribution >= 4 is 51.1 Å². The summed E-state index contributed by atoms with van der Waals surface area (Å²) in [5, 5.41) is 16.2. The molecule has 2 aromatic heterocycles. The monoisotopic (exact) mass is 598 g/mol. The highest BCUT2D eigenvalue weighted by molar-refractivity contribution is 6.36. The molecular weight excluding hydrogens is 567 g/mol. The van der Waals surface area contributed by atoms with Crippen molar-refractivity contribution in [2.24, 2.45) is 0 Å². The summed E-state index contributed by atoms with van der Waals surface area (Å²) in [5.74, 6) is -0.708. The molecule has 0 bridgehead atoms. The van der Waals surface area contributed by atoms with E-state index in [0.29, 0.717) is 48.1 Å². The van der Waals surface area contributed by atoms with Crippen LogP contribution < -0.4 is 10.2 Å². The predicted molar refractivity (Wildman–Crippen MR) is 168 cm³/mol. The van der Waals surface area contributed by atoms with E-state index in [0.717, 1.165) is 46.8 Å². The van der Waals surface area contributed by atoms with Gasteiger partial charge < -0.3 is 20.0 Å². The van der Waals surface area contributed by atoms with Crippen LogP contribution in [0.2, 0.25) is 5.02 Å². The van der Waals surface area contributed by atoms with Gasteiger partial charge in [0.05, 0.1) is 29.6 Å². The lowest BCUT2D eigenvalue weighted by Gasteiger charge is -2.41. The lowest BCUT2D eigenvalue weighted by molar-refractivity contribution is -0.131. The number of halogens is 2. The van der Waals surface area contributed by atoms with Crippen molar-refractivity contribution in [1.82, 2.24) is 24.8 Å². The first-order valence-electron chi connectivity index (χ1n) is 14.4. The Morgan fingerprint density at radius 3 is 2.67 bits per heavy atom. The summed E-state index contributed by atoms with van der Waals surface area (Å²) in [5.41, 5.74) is 2.15. The third-order valence-corrected chi connectivity index (χ3v) is 8.75. The number of nitrogens with one attached hydrogen (secondary N) is 1. The lowest BCUT2D eigenvalue weighted by atomic mass is 10.0. The van der Waals surface area contributed by atoms with Gasteiger partial charge in [-0.15, -0.1) is 0 Å². The number of piperazine rings is 1. The van der Waals surface area contributed by atoms with E-state index < -0.39 is 17.8 Å². The van der Waals surface area contributed by atoms with Gasteiger partial charge in [0.2, 0.25) is 5.95 Å². The SMILES string of the molecule is C=C(F)C(=O)N1CCN(c2nc(NCC3CCCN3C)nc3nc(-c4cccc5cccc(Cl)c45)ccc23)CC1CC#N. The fourth-order valence-corrected chi connectivity index (χ4v) is 6.45. The number of nitriles is 1. The van der Waals surface area contributed by atoms with Gasteiger partial charge in [-0.2, -0.15) is 15.2 Å². The molecule has 2 aliphatic rings. The summed E-state index contributed by atoms with van der Waals surface area (Å²) < 4.78 is 13.8. The second-order valence-corrected chi connectivity index (χ2v) is 11.5. The highest BCUT2D eigenvalue weighted by Crippen LogP contribution is 2.35. The summed E-state index contributed by atoms with van der Waals surface area (Å²) in [7, 11) is 2.12. The fraction of sp³-hybridized carbons (Fsp3) is 0.344. The molecular formula is C32H32ClFN8O. The number of carbonyl (C=O) groups excluding carboxylic acids is 1. The molecule has 9 nitrogen and oxygen atoms in total. The number of hydrogen-bond acceptors (Lipinski definition) is 8. The van der Waals surface area contributed by atoms with Crippen LogP contribution in [0.25, 0.3) is 33.1 Å². The van der Waals surface area contributed by atoms with E-state index in [9.17, 15) is 14.4 Å². The van der Waals surface area contributed by atoms with E-state index in [1.54, 1.807) is 0 Å². The van der Waals surface area contributed by atoms with Crippen molar-refractivity contribution in [1.29, 1.82) is 5.26 Å². The number of rotatable bonds is 7. The van der Waals surface area contributed by atoms with E-state index in [1.807, 2.05) is 53.4 Å². The average Bonchev–Trinajstić information content (AvgIpc) is 3.43. The number of hydrogen-bond donors (Lipinski definition) is 1. The zero-order valence-corrected chi connectivity index (χ0v) is 24.7. The first kappa shape index (κ1) is 28.8. The van der Waals surface area contributed by atoms with Gasteiger partial charge in [0.15, 0.2) is 11.5 Å². The number of likely N-dealkylation sites (N-methyl/N-ethyl adjacent to an activating group) is 1. The first-order valence-corrected chi connectivity index (χ1v) is 14.8. The molecule has 1 N–H and O–H groups in total. The molecule has 2 fully saturated rings. The molecule has 1 amide bonds. The van der Waals surface area contributed by atoms with Gasteiger partial charge in [0.25, 0.3) is 5.91 Å². The molecule has 2 aromatic carbocycles. The second kappa shape index (κ2) is 12.1. The van der Waals surface area contributed by atoms with Crippen LogP contribution in [0.5, 0.6) is 0 Å². The molecule has 43 heavy (non-hydrogen) atoms. The molecule has 4 heterocycles. The molecule has 0 saturated carbocycles. The number of fused-ring (bicyclic) bond motifs is 2. The minimum Gasteiger partial charge on any atom is -0.353 e. The van der Waals surface area contributed by atoms with E-state index in [-0.39, 0.29) is 13.0 Å². The van der Waals surface area contributed by atoms with E-state index in [4.69, 9.17) is 26.6 Å². The van der Waals surface area contributed by atoms with Crippen LogP contribution in [0.1, 0.15) is 19.3 Å². The Hall–Kier alpha value is -4.33. The van der Waals surface area contributed by atoms with Crippen molar-refractivity contribution in [2.75, 3.05) is 50.0 Å². The van der Waals surface area contributed by atoms with Crippen LogP contribution in [0.15, 0.2) is 60.9 Å². The topological polar surface area (TPSA) is 101 Å². The van der Waals surface area contributed by atoms with Crippen LogP contribution in [0.4, 0.5) is 16.2 Å². The predicted octanol–water partition coefficient (Wildman–Crippen LogP) is 5.42. The van der Waals surface area contributed by atoms with Gasteiger partial charge in [-0.25, -0.2) is 9.37 Å². The van der Waals surface area contributed by atoms with Crippen molar-refractivity contribution in [2.45, 2.75) is 31.3 Å². The zero-order valence-electron chi connectivity index (χ0n) is 23.9. The number of nitrogens with zero attached hydrogens (tertiary/aromatic N) is 7. The normalized spacial score (nSPS) is 19.1. The van der Waals surface area contributed by atoms with Crippen LogP contribution in [0.3, 0.4) is 0 Å². The minimum absolute atomic E-state index is 0.0574. The third-order valence-electron chi connectivity index (χ3n) is 8.44. The largest absolute Gasteiger partial charge is 0.353 e. The van der Waals surface area contributed by atoms with Crippen LogP contribution in [-0.4, -0.2) is 82.5 Å². The highest BCUT2D eigenvalue weighted by Gasteiger charge is 2.33. The third kappa shape index (κ3) is 5.70. The summed E-state index contributed by atoms with van der Waals surface area (Å²) >= 11 is 6.64. The highest BCUT2D eigenvalue weighted by atomic mass is 35.5. The Kier molecular flexibility index (Phi) is 8.10. The van der Waals surface area contributed by atoms with Crippen molar-refractivity contribution < 1.29 is 9.18 Å². The number of carbonyl (C=O) groups is 1. The molecule has 0 aliphatic carbocycles. The van der Waals surface area contributed by atoms with Crippen molar-refractivity contribution in [3.8, 4) is 17.3 Å². The summed E-state index contributed by atoms with van der Waals surface area (Å²) in [6, 6.07) is 17.7. The Bertz CT molecular complexity index is 1750. The Balaban J connectivity index is 1.41. The van der Waals surface area contributed by atoms with Crippen LogP contribution in [-0.2, 0) is 4.79 Å². The molecule has 2 unspecified atom stereocenters. The van der Waals surface area contributed by atoms with Gasteiger partial charge in [-0.05, 0) is 50.0 Å². The summed E-state index contributed by atoms with van der Waals surface area (Å²) in [6.07, 6.45) is 2.31. The molecule has 11 heteroatoms. The molecule has 0 radical (unpaired) electrons. The van der Waals surface area contributed by atoms with Crippen LogP contribution >= 0.6 is 11.6 Å². The number of likely N-dealkylation sites (tertiary alicyclic amines) is 1. The van der Waals surface area contributed by atoms with E-state index in [1.165, 1.54) is 4.90 Å². The quantitative estimate of drug-likeness (QED) is 0.282. The molecule has 0 spiro atoms. The summed E-state index contributed by atoms with van der Waals surface area (Å²) in [6.45, 7) is 5.86. The smallest absolute Gasteiger partial charge is 0.282 e. The Morgan fingerprint density at radius 1 is 1.12 bits per heavy atom.